The maximum atomic E-state index is 13.1. The van der Waals surface area contributed by atoms with Gasteiger partial charge in [-0.15, -0.1) is 11.3 Å². The van der Waals surface area contributed by atoms with Crippen molar-refractivity contribution in [3.05, 3.63) is 53.7 Å². The molecule has 160 valence electrons. The maximum absolute atomic E-state index is 13.1. The number of halogens is 1. The van der Waals surface area contributed by atoms with Gasteiger partial charge in [0.2, 0.25) is 5.91 Å². The number of carbonyl (C=O) groups excluding carboxylic acids is 2. The van der Waals surface area contributed by atoms with Gasteiger partial charge in [-0.2, -0.15) is 0 Å². The molecule has 1 saturated heterocycles. The van der Waals surface area contributed by atoms with Crippen molar-refractivity contribution in [1.82, 2.24) is 15.0 Å². The fourth-order valence-corrected chi connectivity index (χ4v) is 3.84. The molecule has 3 N–H and O–H groups in total. The Labute approximate surface area is 179 Å². The van der Waals surface area contributed by atoms with Crippen molar-refractivity contribution in [2.24, 2.45) is 5.92 Å². The zero-order chi connectivity index (χ0) is 22.0. The van der Waals surface area contributed by atoms with E-state index in [1.165, 1.54) is 29.8 Å². The number of aromatic nitrogens is 3. The summed E-state index contributed by atoms with van der Waals surface area (Å²) in [6.45, 7) is 0. The van der Waals surface area contributed by atoms with Gasteiger partial charge in [0, 0.05) is 35.7 Å². The molecule has 1 amide bonds. The van der Waals surface area contributed by atoms with Crippen molar-refractivity contribution < 1.29 is 28.6 Å². The van der Waals surface area contributed by atoms with Gasteiger partial charge in [-0.05, 0) is 24.3 Å². The highest BCUT2D eigenvalue weighted by atomic mass is 32.1. The molecule has 3 atom stereocenters. The van der Waals surface area contributed by atoms with Crippen LogP contribution in [0, 0.1) is 11.7 Å². The van der Waals surface area contributed by atoms with E-state index in [9.17, 15) is 18.8 Å². The largest absolute Gasteiger partial charge is 0.479 e. The summed E-state index contributed by atoms with van der Waals surface area (Å²) in [6, 6.07) is 5.82. The number of H-pyrrole nitrogens is 1. The van der Waals surface area contributed by atoms with Crippen LogP contribution in [0.1, 0.15) is 12.1 Å². The van der Waals surface area contributed by atoms with E-state index in [4.69, 9.17) is 9.84 Å². The van der Waals surface area contributed by atoms with Gasteiger partial charge < -0.3 is 20.1 Å². The fraction of sp³-hybridized carbons (Fsp3) is 0.250. The zero-order valence-corrected chi connectivity index (χ0v) is 16.8. The third kappa shape index (κ3) is 5.01. The lowest BCUT2D eigenvalue weighted by Crippen LogP contribution is -2.29. The van der Waals surface area contributed by atoms with E-state index in [0.29, 0.717) is 22.1 Å². The predicted octanol–water partition coefficient (Wildman–Crippen LogP) is 2.28. The Morgan fingerprint density at radius 2 is 2.03 bits per heavy atom. The second kappa shape index (κ2) is 8.74. The SMILES string of the molecule is O=C(Nc1nc(-c2ccc(F)cc2)cs1)C(CC(=O)[C@H]1O[C@@H]1C(=O)O)Cc1cnc[nH]1. The number of thiazole rings is 1. The molecule has 9 nitrogen and oxygen atoms in total. The van der Waals surface area contributed by atoms with E-state index in [-0.39, 0.29) is 18.7 Å². The molecule has 0 radical (unpaired) electrons. The molecule has 3 heterocycles. The summed E-state index contributed by atoms with van der Waals surface area (Å²) in [5.74, 6) is -3.22. The Morgan fingerprint density at radius 3 is 2.68 bits per heavy atom. The number of aliphatic carboxylic acids is 1. The molecule has 1 aliphatic heterocycles. The Hall–Kier alpha value is -3.44. The number of hydrogen-bond donors (Lipinski definition) is 3. The van der Waals surface area contributed by atoms with Gasteiger partial charge in [-0.3, -0.25) is 9.59 Å². The van der Waals surface area contributed by atoms with Gasteiger partial charge in [-0.1, -0.05) is 0 Å². The van der Waals surface area contributed by atoms with Crippen LogP contribution in [-0.4, -0.2) is 49.9 Å². The number of ketones is 1. The van der Waals surface area contributed by atoms with Crippen LogP contribution in [0.3, 0.4) is 0 Å². The number of carboxylic acid groups (broad SMARTS) is 1. The first kappa shape index (κ1) is 20.8. The first-order valence-corrected chi connectivity index (χ1v) is 10.2. The molecule has 1 aliphatic rings. The van der Waals surface area contributed by atoms with E-state index in [0.717, 1.165) is 0 Å². The van der Waals surface area contributed by atoms with Crippen molar-refractivity contribution in [1.29, 1.82) is 0 Å². The number of imidazole rings is 1. The molecule has 1 unspecified atom stereocenters. The van der Waals surface area contributed by atoms with Crippen molar-refractivity contribution in [2.75, 3.05) is 5.32 Å². The number of epoxide rings is 1. The number of aromatic amines is 1. The molecule has 0 saturated carbocycles. The number of amides is 1. The van der Waals surface area contributed by atoms with Crippen LogP contribution < -0.4 is 5.32 Å². The number of ether oxygens (including phenoxy) is 1. The second-order valence-electron chi connectivity index (χ2n) is 7.00. The van der Waals surface area contributed by atoms with E-state index < -0.39 is 35.8 Å². The first-order valence-electron chi connectivity index (χ1n) is 9.31. The summed E-state index contributed by atoms with van der Waals surface area (Å²) in [4.78, 5) is 47.4. The number of Topliss-reactive ketones (excluding diaryl/α,β-unsaturated/α-hetero) is 1. The van der Waals surface area contributed by atoms with Crippen LogP contribution in [0.15, 0.2) is 42.2 Å². The minimum atomic E-state index is -1.20. The topological polar surface area (TPSA) is 138 Å². The summed E-state index contributed by atoms with van der Waals surface area (Å²) in [7, 11) is 0. The predicted molar refractivity (Wildman–Crippen MR) is 108 cm³/mol. The molecular formula is C20H17FN4O5S. The van der Waals surface area contributed by atoms with Gasteiger partial charge in [0.25, 0.3) is 0 Å². The average Bonchev–Trinajstić information content (AvgIpc) is 3.15. The average molecular weight is 444 g/mol. The van der Waals surface area contributed by atoms with Crippen LogP contribution in [-0.2, 0) is 25.5 Å². The third-order valence-electron chi connectivity index (χ3n) is 4.77. The lowest BCUT2D eigenvalue weighted by molar-refractivity contribution is -0.138. The molecule has 31 heavy (non-hydrogen) atoms. The monoisotopic (exact) mass is 444 g/mol. The number of anilines is 1. The quantitative estimate of drug-likeness (QED) is 0.431. The van der Waals surface area contributed by atoms with Crippen LogP contribution in [0.2, 0.25) is 0 Å². The number of benzene rings is 1. The first-order chi connectivity index (χ1) is 14.9. The van der Waals surface area contributed by atoms with E-state index in [1.807, 2.05) is 0 Å². The normalized spacial score (nSPS) is 18.4. The third-order valence-corrected chi connectivity index (χ3v) is 5.52. The minimum absolute atomic E-state index is 0.185. The molecule has 0 aliphatic carbocycles. The molecule has 1 aromatic carbocycles. The Kier molecular flexibility index (Phi) is 5.87. The van der Waals surface area contributed by atoms with Crippen LogP contribution in [0.4, 0.5) is 9.52 Å². The summed E-state index contributed by atoms with van der Waals surface area (Å²) >= 11 is 1.20. The Bertz CT molecular complexity index is 1100. The number of nitrogens with zero attached hydrogens (tertiary/aromatic N) is 2. The highest BCUT2D eigenvalue weighted by Crippen LogP contribution is 2.28. The smallest absolute Gasteiger partial charge is 0.336 e. The molecule has 2 aromatic heterocycles. The zero-order valence-electron chi connectivity index (χ0n) is 15.9. The number of carboxylic acids is 1. The van der Waals surface area contributed by atoms with E-state index >= 15 is 0 Å². The molecule has 11 heteroatoms. The molecule has 0 spiro atoms. The molecular weight excluding hydrogens is 427 g/mol. The summed E-state index contributed by atoms with van der Waals surface area (Å²) in [5.41, 5.74) is 1.94. The van der Waals surface area contributed by atoms with Gasteiger partial charge in [0.05, 0.1) is 17.9 Å². The highest BCUT2D eigenvalue weighted by molar-refractivity contribution is 7.14. The fourth-order valence-electron chi connectivity index (χ4n) is 3.12. The lowest BCUT2D eigenvalue weighted by Gasteiger charge is -2.14. The van der Waals surface area contributed by atoms with Crippen LogP contribution in [0.25, 0.3) is 11.3 Å². The Balaban J connectivity index is 1.45. The summed E-state index contributed by atoms with van der Waals surface area (Å²) in [6.07, 6.45) is 0.856. The van der Waals surface area contributed by atoms with Crippen molar-refractivity contribution in [3.63, 3.8) is 0 Å². The summed E-state index contributed by atoms with van der Waals surface area (Å²) in [5, 5.41) is 13.7. The van der Waals surface area contributed by atoms with Crippen molar-refractivity contribution in [3.8, 4) is 11.3 Å². The number of nitrogens with one attached hydrogen (secondary N) is 2. The number of hydrogen-bond acceptors (Lipinski definition) is 7. The second-order valence-corrected chi connectivity index (χ2v) is 7.86. The molecule has 4 rings (SSSR count). The summed E-state index contributed by atoms with van der Waals surface area (Å²) < 4.78 is 18.0. The van der Waals surface area contributed by atoms with Crippen LogP contribution in [0.5, 0.6) is 0 Å². The van der Waals surface area contributed by atoms with Crippen molar-refractivity contribution in [2.45, 2.75) is 25.0 Å². The standard InChI is InChI=1S/C20H17FN4O5S/c21-12-3-1-10(2-4-12)14-8-31-20(24-14)25-18(27)11(5-13-7-22-9-23-13)6-15(26)16-17(30-16)19(28)29/h1-4,7-9,11,16-17H,5-6H2,(H,22,23)(H,28,29)(H,24,25,27)/t11?,16-,17+/m1/s1. The van der Waals surface area contributed by atoms with E-state index in [1.54, 1.807) is 23.7 Å². The molecule has 3 aromatic rings. The van der Waals surface area contributed by atoms with Gasteiger partial charge in [-0.25, -0.2) is 19.2 Å². The lowest BCUT2D eigenvalue weighted by atomic mass is 9.94. The Morgan fingerprint density at radius 1 is 1.26 bits per heavy atom. The van der Waals surface area contributed by atoms with Gasteiger partial charge in [0.15, 0.2) is 23.1 Å². The number of rotatable bonds is 9. The van der Waals surface area contributed by atoms with Crippen molar-refractivity contribution >= 4 is 34.1 Å². The van der Waals surface area contributed by atoms with E-state index in [2.05, 4.69) is 20.3 Å². The van der Waals surface area contributed by atoms with Gasteiger partial charge >= 0.3 is 5.97 Å². The molecule has 0 bridgehead atoms. The van der Waals surface area contributed by atoms with Gasteiger partial charge in [0.1, 0.15) is 5.82 Å². The van der Waals surface area contributed by atoms with Crippen LogP contribution >= 0.6 is 11.3 Å². The maximum Gasteiger partial charge on any atom is 0.336 e. The molecule has 1 fully saturated rings. The minimum Gasteiger partial charge on any atom is -0.479 e. The number of carbonyl (C=O) groups is 3. The highest BCUT2D eigenvalue weighted by Gasteiger charge is 2.50.